The third kappa shape index (κ3) is 3.93. The Balaban J connectivity index is 1.49. The summed E-state index contributed by atoms with van der Waals surface area (Å²) >= 11 is 0. The molecule has 0 aromatic heterocycles. The molecule has 0 spiro atoms. The summed E-state index contributed by atoms with van der Waals surface area (Å²) in [4.78, 5) is 14.5. The SMILES string of the molecule is CC(OCC1CCCCO1)C(=O)N(C)C1Cc2ccccc2C1. The molecule has 3 rings (SSSR count). The topological polar surface area (TPSA) is 38.8 Å². The highest BCUT2D eigenvalue weighted by molar-refractivity contribution is 5.80. The van der Waals surface area contributed by atoms with Crippen LogP contribution in [0.2, 0.25) is 0 Å². The maximum absolute atomic E-state index is 12.6. The fraction of sp³-hybridized carbons (Fsp3) is 0.632. The van der Waals surface area contributed by atoms with Crippen molar-refractivity contribution in [3.8, 4) is 0 Å². The quantitative estimate of drug-likeness (QED) is 0.838. The van der Waals surface area contributed by atoms with Gasteiger partial charge in [-0.15, -0.1) is 0 Å². The zero-order chi connectivity index (χ0) is 16.2. The highest BCUT2D eigenvalue weighted by Gasteiger charge is 2.30. The molecule has 2 atom stereocenters. The summed E-state index contributed by atoms with van der Waals surface area (Å²) in [6, 6.07) is 8.71. The maximum atomic E-state index is 12.6. The summed E-state index contributed by atoms with van der Waals surface area (Å²) < 4.78 is 11.4. The van der Waals surface area contributed by atoms with Gasteiger partial charge in [-0.3, -0.25) is 4.79 Å². The Morgan fingerprint density at radius 3 is 2.61 bits per heavy atom. The van der Waals surface area contributed by atoms with Crippen molar-refractivity contribution in [2.45, 2.75) is 57.3 Å². The van der Waals surface area contributed by atoms with Crippen LogP contribution in [0.4, 0.5) is 0 Å². The van der Waals surface area contributed by atoms with Crippen LogP contribution in [0.25, 0.3) is 0 Å². The van der Waals surface area contributed by atoms with Crippen LogP contribution in [0.5, 0.6) is 0 Å². The predicted octanol–water partition coefficient (Wildman–Crippen LogP) is 2.59. The molecule has 2 unspecified atom stereocenters. The number of likely N-dealkylation sites (N-methyl/N-ethyl adjacent to an activating group) is 1. The summed E-state index contributed by atoms with van der Waals surface area (Å²) in [6.45, 7) is 3.19. The Hall–Kier alpha value is -1.39. The summed E-state index contributed by atoms with van der Waals surface area (Å²) in [7, 11) is 1.90. The van der Waals surface area contributed by atoms with Gasteiger partial charge in [0.1, 0.15) is 6.10 Å². The highest BCUT2D eigenvalue weighted by atomic mass is 16.5. The van der Waals surface area contributed by atoms with E-state index >= 15 is 0 Å². The van der Waals surface area contributed by atoms with Gasteiger partial charge in [0.2, 0.25) is 0 Å². The Morgan fingerprint density at radius 2 is 2.00 bits per heavy atom. The molecule has 23 heavy (non-hydrogen) atoms. The molecule has 4 heteroatoms. The van der Waals surface area contributed by atoms with Crippen LogP contribution in [-0.2, 0) is 27.1 Å². The van der Waals surface area contributed by atoms with Gasteiger partial charge in [0.25, 0.3) is 5.91 Å². The first-order valence-corrected chi connectivity index (χ1v) is 8.72. The fourth-order valence-electron chi connectivity index (χ4n) is 3.54. The molecule has 1 aliphatic heterocycles. The third-order valence-electron chi connectivity index (χ3n) is 5.08. The second-order valence-corrected chi connectivity index (χ2v) is 6.74. The number of nitrogens with zero attached hydrogens (tertiary/aromatic N) is 1. The highest BCUT2D eigenvalue weighted by Crippen LogP contribution is 2.25. The average Bonchev–Trinajstić information content (AvgIpc) is 3.03. The number of carbonyl (C=O) groups excluding carboxylic acids is 1. The van der Waals surface area contributed by atoms with E-state index in [4.69, 9.17) is 9.47 Å². The number of hydrogen-bond donors (Lipinski definition) is 0. The molecule has 0 saturated carbocycles. The lowest BCUT2D eigenvalue weighted by Gasteiger charge is -2.29. The minimum absolute atomic E-state index is 0.0682. The smallest absolute Gasteiger partial charge is 0.251 e. The standard InChI is InChI=1S/C19H27NO3/c1-14(23-13-18-9-5-6-10-22-18)19(21)20(2)17-11-15-7-3-4-8-16(15)12-17/h3-4,7-8,14,17-18H,5-6,9-13H2,1-2H3. The van der Waals surface area contributed by atoms with Crippen LogP contribution in [0.15, 0.2) is 24.3 Å². The lowest BCUT2D eigenvalue weighted by molar-refractivity contribution is -0.146. The first-order chi connectivity index (χ1) is 11.1. The Kier molecular flexibility index (Phi) is 5.34. The minimum atomic E-state index is -0.408. The molecular formula is C19H27NO3. The maximum Gasteiger partial charge on any atom is 0.251 e. The number of hydrogen-bond acceptors (Lipinski definition) is 3. The molecule has 1 aromatic rings. The van der Waals surface area contributed by atoms with Crippen molar-refractivity contribution in [3.05, 3.63) is 35.4 Å². The van der Waals surface area contributed by atoms with Crippen molar-refractivity contribution < 1.29 is 14.3 Å². The monoisotopic (exact) mass is 317 g/mol. The molecule has 1 saturated heterocycles. The van der Waals surface area contributed by atoms with E-state index in [1.807, 2.05) is 18.9 Å². The Labute approximate surface area is 138 Å². The first-order valence-electron chi connectivity index (χ1n) is 8.72. The van der Waals surface area contributed by atoms with Crippen molar-refractivity contribution in [3.63, 3.8) is 0 Å². The molecule has 126 valence electrons. The second-order valence-electron chi connectivity index (χ2n) is 6.74. The van der Waals surface area contributed by atoms with E-state index in [2.05, 4.69) is 24.3 Å². The molecule has 1 aliphatic carbocycles. The van der Waals surface area contributed by atoms with E-state index < -0.39 is 6.10 Å². The van der Waals surface area contributed by atoms with E-state index in [0.29, 0.717) is 6.61 Å². The van der Waals surface area contributed by atoms with Crippen LogP contribution in [-0.4, -0.2) is 49.3 Å². The molecule has 0 N–H and O–H groups in total. The van der Waals surface area contributed by atoms with Crippen LogP contribution >= 0.6 is 0 Å². The van der Waals surface area contributed by atoms with E-state index in [1.54, 1.807) is 0 Å². The van der Waals surface area contributed by atoms with E-state index in [-0.39, 0.29) is 18.1 Å². The molecule has 1 heterocycles. The number of rotatable bonds is 5. The van der Waals surface area contributed by atoms with Gasteiger partial charge in [-0.2, -0.15) is 0 Å². The summed E-state index contributed by atoms with van der Waals surface area (Å²) in [6.07, 6.45) is 4.99. The van der Waals surface area contributed by atoms with Crippen LogP contribution in [0, 0.1) is 0 Å². The van der Waals surface area contributed by atoms with Gasteiger partial charge in [0, 0.05) is 19.7 Å². The Bertz CT molecular complexity index is 514. The van der Waals surface area contributed by atoms with Crippen molar-refractivity contribution in [2.24, 2.45) is 0 Å². The third-order valence-corrected chi connectivity index (χ3v) is 5.08. The molecule has 4 nitrogen and oxygen atoms in total. The van der Waals surface area contributed by atoms with Gasteiger partial charge in [0.15, 0.2) is 0 Å². The van der Waals surface area contributed by atoms with Gasteiger partial charge in [0.05, 0.1) is 12.7 Å². The summed E-state index contributed by atoms with van der Waals surface area (Å²) in [5.74, 6) is 0.0682. The molecule has 1 aromatic carbocycles. The zero-order valence-electron chi connectivity index (χ0n) is 14.2. The van der Waals surface area contributed by atoms with Crippen LogP contribution in [0.1, 0.15) is 37.3 Å². The van der Waals surface area contributed by atoms with E-state index in [1.165, 1.54) is 17.5 Å². The van der Waals surface area contributed by atoms with Crippen molar-refractivity contribution in [1.82, 2.24) is 4.90 Å². The second kappa shape index (κ2) is 7.45. The molecule has 0 radical (unpaired) electrons. The molecule has 2 aliphatic rings. The predicted molar refractivity (Wildman–Crippen MR) is 89.4 cm³/mol. The van der Waals surface area contributed by atoms with Crippen LogP contribution in [0.3, 0.4) is 0 Å². The zero-order valence-corrected chi connectivity index (χ0v) is 14.2. The van der Waals surface area contributed by atoms with Gasteiger partial charge in [-0.05, 0) is 50.2 Å². The summed E-state index contributed by atoms with van der Waals surface area (Å²) in [5, 5.41) is 0. The number of carbonyl (C=O) groups is 1. The normalized spacial score (nSPS) is 22.6. The lowest BCUT2D eigenvalue weighted by atomic mass is 10.1. The number of ether oxygens (including phenoxy) is 2. The number of amides is 1. The van der Waals surface area contributed by atoms with Crippen molar-refractivity contribution >= 4 is 5.91 Å². The van der Waals surface area contributed by atoms with E-state index in [0.717, 1.165) is 32.3 Å². The lowest BCUT2D eigenvalue weighted by Crippen LogP contribution is -2.44. The van der Waals surface area contributed by atoms with Gasteiger partial charge < -0.3 is 14.4 Å². The fourth-order valence-corrected chi connectivity index (χ4v) is 3.54. The minimum Gasteiger partial charge on any atom is -0.376 e. The number of benzene rings is 1. The largest absolute Gasteiger partial charge is 0.376 e. The molecular weight excluding hydrogens is 290 g/mol. The van der Waals surface area contributed by atoms with Gasteiger partial charge >= 0.3 is 0 Å². The molecule has 1 amide bonds. The number of fused-ring (bicyclic) bond motifs is 1. The summed E-state index contributed by atoms with van der Waals surface area (Å²) in [5.41, 5.74) is 2.72. The Morgan fingerprint density at radius 1 is 1.30 bits per heavy atom. The molecule has 1 fully saturated rings. The molecule has 0 bridgehead atoms. The van der Waals surface area contributed by atoms with Crippen molar-refractivity contribution in [1.29, 1.82) is 0 Å². The van der Waals surface area contributed by atoms with Crippen molar-refractivity contribution in [2.75, 3.05) is 20.3 Å². The van der Waals surface area contributed by atoms with Crippen LogP contribution < -0.4 is 0 Å². The van der Waals surface area contributed by atoms with E-state index in [9.17, 15) is 4.79 Å². The van der Waals surface area contributed by atoms with Gasteiger partial charge in [-0.25, -0.2) is 0 Å². The first kappa shape index (κ1) is 16.5. The average molecular weight is 317 g/mol. The van der Waals surface area contributed by atoms with Gasteiger partial charge in [-0.1, -0.05) is 24.3 Å².